The predicted molar refractivity (Wildman–Crippen MR) is 201 cm³/mol. The SMILES string of the molecule is CC(=O)c1noc(-c2cc(C(C)C)c(O)cc2O)c1-c1ccc(CN2CCN(C(=O)c3ccc(CCc4c[nH]c5nc(N)[nH]c(=O)c45)cc3)CC2)cc1. The molecule has 3 aromatic carbocycles. The molecule has 0 spiro atoms. The lowest BCUT2D eigenvalue weighted by Crippen LogP contribution is -2.48. The maximum absolute atomic E-state index is 13.4. The average Bonchev–Trinajstić information content (AvgIpc) is 3.76. The highest BCUT2D eigenvalue weighted by atomic mass is 16.5. The number of carbonyl (C=O) groups is 2. The Morgan fingerprint density at radius 1 is 0.943 bits per heavy atom. The number of aromatic hydroxyl groups is 2. The number of piperazine rings is 1. The molecule has 1 amide bonds. The molecule has 272 valence electrons. The minimum Gasteiger partial charge on any atom is -0.508 e. The molecule has 13 heteroatoms. The molecule has 7 rings (SSSR count). The number of nitrogens with one attached hydrogen (secondary N) is 2. The van der Waals surface area contributed by atoms with Crippen molar-refractivity contribution in [1.82, 2.24) is 29.9 Å². The minimum atomic E-state index is -0.269. The smallest absolute Gasteiger partial charge is 0.262 e. The van der Waals surface area contributed by atoms with Crippen molar-refractivity contribution in [2.24, 2.45) is 0 Å². The Bertz CT molecular complexity index is 2370. The van der Waals surface area contributed by atoms with Gasteiger partial charge in [0.1, 0.15) is 17.1 Å². The van der Waals surface area contributed by atoms with Crippen LogP contribution in [0, 0.1) is 0 Å². The topological polar surface area (TPSA) is 195 Å². The number of aryl methyl sites for hydroxylation is 2. The Kier molecular flexibility index (Phi) is 9.58. The van der Waals surface area contributed by atoms with Crippen LogP contribution >= 0.6 is 0 Å². The third kappa shape index (κ3) is 7.15. The number of amides is 1. The lowest BCUT2D eigenvalue weighted by Gasteiger charge is -2.34. The Labute approximate surface area is 305 Å². The maximum atomic E-state index is 13.4. The van der Waals surface area contributed by atoms with Gasteiger partial charge >= 0.3 is 0 Å². The fourth-order valence-electron chi connectivity index (χ4n) is 6.96. The van der Waals surface area contributed by atoms with Crippen molar-refractivity contribution in [2.75, 3.05) is 31.9 Å². The number of nitrogens with two attached hydrogens (primary N) is 1. The number of benzene rings is 3. The standard InChI is InChI=1S/C40H41N7O6/c1-22(2)29-18-30(32(50)19-31(29)49)36-33(35(23(3)48)45-53-36)26-9-7-25(8-10-26)21-46-14-16-47(17-15-46)39(52)27-11-4-24(5-12-27)6-13-28-20-42-37-34(28)38(51)44-40(41)43-37/h4-5,7-12,18-20,22,49-50H,6,13-17,21H2,1-3H3,(H4,41,42,43,44,51). The fraction of sp³-hybridized carbons (Fsp3) is 0.275. The number of aromatic amines is 2. The number of Topliss-reactive ketones (excluding diaryl/α,β-unsaturated/α-hetero) is 1. The minimum absolute atomic E-state index is 0.00152. The first-order chi connectivity index (χ1) is 25.5. The van der Waals surface area contributed by atoms with E-state index < -0.39 is 0 Å². The van der Waals surface area contributed by atoms with E-state index >= 15 is 0 Å². The molecular weight excluding hydrogens is 674 g/mol. The van der Waals surface area contributed by atoms with Crippen molar-refractivity contribution >= 4 is 28.7 Å². The van der Waals surface area contributed by atoms with Crippen molar-refractivity contribution in [3.63, 3.8) is 0 Å². The number of carbonyl (C=O) groups excluding carboxylic acids is 2. The summed E-state index contributed by atoms with van der Waals surface area (Å²) < 4.78 is 5.65. The Hall–Kier alpha value is -6.21. The lowest BCUT2D eigenvalue weighted by atomic mass is 9.93. The second kappa shape index (κ2) is 14.4. The maximum Gasteiger partial charge on any atom is 0.262 e. The van der Waals surface area contributed by atoms with Crippen LogP contribution in [0.5, 0.6) is 11.5 Å². The highest BCUT2D eigenvalue weighted by Crippen LogP contribution is 2.43. The number of nitrogen functional groups attached to an aromatic ring is 1. The zero-order chi connectivity index (χ0) is 37.4. The number of aromatic nitrogens is 4. The second-order valence-corrected chi connectivity index (χ2v) is 13.8. The van der Waals surface area contributed by atoms with E-state index in [0.29, 0.717) is 71.3 Å². The van der Waals surface area contributed by atoms with E-state index in [0.717, 1.165) is 29.8 Å². The van der Waals surface area contributed by atoms with E-state index in [2.05, 4.69) is 25.0 Å². The second-order valence-electron chi connectivity index (χ2n) is 13.8. The molecule has 1 aliphatic heterocycles. The van der Waals surface area contributed by atoms with E-state index in [4.69, 9.17) is 10.3 Å². The van der Waals surface area contributed by atoms with Crippen LogP contribution in [0.25, 0.3) is 33.5 Å². The van der Waals surface area contributed by atoms with Crippen LogP contribution in [0.2, 0.25) is 0 Å². The van der Waals surface area contributed by atoms with Gasteiger partial charge in [-0.15, -0.1) is 0 Å². The van der Waals surface area contributed by atoms with Crippen molar-refractivity contribution in [1.29, 1.82) is 0 Å². The summed E-state index contributed by atoms with van der Waals surface area (Å²) in [6.45, 7) is 8.63. The van der Waals surface area contributed by atoms with Crippen LogP contribution < -0.4 is 11.3 Å². The van der Waals surface area contributed by atoms with E-state index in [1.165, 1.54) is 13.0 Å². The molecule has 6 N–H and O–H groups in total. The molecule has 4 heterocycles. The number of rotatable bonds is 10. The molecule has 0 unspecified atom stereocenters. The van der Waals surface area contributed by atoms with Gasteiger partial charge in [-0.3, -0.25) is 24.3 Å². The Morgan fingerprint density at radius 3 is 2.32 bits per heavy atom. The zero-order valence-corrected chi connectivity index (χ0v) is 29.8. The number of anilines is 1. The summed E-state index contributed by atoms with van der Waals surface area (Å²) in [6.07, 6.45) is 3.12. The molecule has 6 aromatic rings. The number of phenols is 2. The van der Waals surface area contributed by atoms with E-state index in [1.54, 1.807) is 12.3 Å². The summed E-state index contributed by atoms with van der Waals surface area (Å²) in [5.41, 5.74) is 11.8. The third-order valence-electron chi connectivity index (χ3n) is 9.87. The molecule has 1 saturated heterocycles. The molecule has 0 atom stereocenters. The summed E-state index contributed by atoms with van der Waals surface area (Å²) >= 11 is 0. The number of H-pyrrole nitrogens is 2. The first-order valence-corrected chi connectivity index (χ1v) is 17.6. The molecule has 3 aromatic heterocycles. The number of phenolic OH excluding ortho intramolecular Hbond substituents is 2. The van der Waals surface area contributed by atoms with Crippen LogP contribution in [-0.4, -0.2) is 78.0 Å². The molecule has 0 aliphatic carbocycles. The first kappa shape index (κ1) is 35.2. The van der Waals surface area contributed by atoms with Gasteiger partial charge in [-0.1, -0.05) is 55.4 Å². The van der Waals surface area contributed by atoms with Crippen LogP contribution in [0.4, 0.5) is 5.95 Å². The van der Waals surface area contributed by atoms with Crippen LogP contribution in [0.15, 0.2) is 76.2 Å². The molecule has 1 aliphatic rings. The van der Waals surface area contributed by atoms with Gasteiger partial charge in [-0.05, 0) is 64.8 Å². The molecule has 0 radical (unpaired) electrons. The Morgan fingerprint density at radius 2 is 1.64 bits per heavy atom. The van der Waals surface area contributed by atoms with Gasteiger partial charge in [-0.2, -0.15) is 4.98 Å². The van der Waals surface area contributed by atoms with Gasteiger partial charge in [0.05, 0.1) is 16.5 Å². The third-order valence-corrected chi connectivity index (χ3v) is 9.87. The van der Waals surface area contributed by atoms with Crippen molar-refractivity contribution < 1.29 is 24.3 Å². The fourth-order valence-corrected chi connectivity index (χ4v) is 6.96. The van der Waals surface area contributed by atoms with Gasteiger partial charge in [-0.25, -0.2) is 0 Å². The first-order valence-electron chi connectivity index (χ1n) is 17.6. The predicted octanol–water partition coefficient (Wildman–Crippen LogP) is 5.64. The van der Waals surface area contributed by atoms with Crippen LogP contribution in [-0.2, 0) is 19.4 Å². The van der Waals surface area contributed by atoms with Crippen molar-refractivity contribution in [2.45, 2.75) is 46.1 Å². The van der Waals surface area contributed by atoms with Crippen LogP contribution in [0.1, 0.15) is 69.8 Å². The van der Waals surface area contributed by atoms with E-state index in [9.17, 15) is 24.6 Å². The van der Waals surface area contributed by atoms with Crippen LogP contribution in [0.3, 0.4) is 0 Å². The van der Waals surface area contributed by atoms with Gasteiger partial charge in [0.15, 0.2) is 17.2 Å². The number of fused-ring (bicyclic) bond motifs is 1. The number of hydrogen-bond donors (Lipinski definition) is 5. The molecule has 0 bridgehead atoms. The van der Waals surface area contributed by atoms with E-state index in [1.807, 2.05) is 67.3 Å². The quantitative estimate of drug-likeness (QED) is 0.111. The summed E-state index contributed by atoms with van der Waals surface area (Å²) in [6, 6.07) is 18.4. The zero-order valence-electron chi connectivity index (χ0n) is 29.8. The normalized spacial score (nSPS) is 13.6. The summed E-state index contributed by atoms with van der Waals surface area (Å²) in [7, 11) is 0. The van der Waals surface area contributed by atoms with Gasteiger partial charge in [0.2, 0.25) is 5.95 Å². The largest absolute Gasteiger partial charge is 0.508 e. The van der Waals surface area contributed by atoms with E-state index in [-0.39, 0.29) is 52.1 Å². The number of hydrogen-bond acceptors (Lipinski definition) is 10. The molecule has 53 heavy (non-hydrogen) atoms. The Balaban J connectivity index is 0.965. The summed E-state index contributed by atoms with van der Waals surface area (Å²) in [5.74, 6) is -0.143. The highest BCUT2D eigenvalue weighted by molar-refractivity contribution is 6.02. The molecule has 0 saturated carbocycles. The summed E-state index contributed by atoms with van der Waals surface area (Å²) in [4.78, 5) is 52.2. The molecule has 1 fully saturated rings. The lowest BCUT2D eigenvalue weighted by molar-refractivity contribution is 0.0628. The van der Waals surface area contributed by atoms with Gasteiger partial charge in [0.25, 0.3) is 11.5 Å². The average molecular weight is 716 g/mol. The van der Waals surface area contributed by atoms with Crippen molar-refractivity contribution in [3.05, 3.63) is 111 Å². The van der Waals surface area contributed by atoms with Crippen molar-refractivity contribution in [3.8, 4) is 33.9 Å². The van der Waals surface area contributed by atoms with Gasteiger partial charge in [0, 0.05) is 57.5 Å². The summed E-state index contributed by atoms with van der Waals surface area (Å²) in [5, 5.41) is 25.7. The monoisotopic (exact) mass is 715 g/mol. The number of nitrogens with zero attached hydrogens (tertiary/aromatic N) is 4. The van der Waals surface area contributed by atoms with Gasteiger partial charge < -0.3 is 30.4 Å². The molecule has 13 nitrogen and oxygen atoms in total. The number of ketones is 1. The molecular formula is C40H41N7O6. The highest BCUT2D eigenvalue weighted by Gasteiger charge is 2.26.